The van der Waals surface area contributed by atoms with Crippen LogP contribution in [0.1, 0.15) is 5.56 Å². The second-order valence-electron chi connectivity index (χ2n) is 2.45. The van der Waals surface area contributed by atoms with Crippen molar-refractivity contribution in [3.8, 4) is 0 Å². The summed E-state index contributed by atoms with van der Waals surface area (Å²) in [6.07, 6.45) is 0. The van der Waals surface area contributed by atoms with E-state index in [-0.39, 0.29) is 15.0 Å². The first kappa shape index (κ1) is 8.88. The number of rotatable bonds is 0. The number of benzene rings is 1. The van der Waals surface area contributed by atoms with Crippen LogP contribution < -0.4 is 0 Å². The van der Waals surface area contributed by atoms with E-state index in [2.05, 4.69) is 52.8 Å². The van der Waals surface area contributed by atoms with Crippen molar-refractivity contribution in [1.82, 2.24) is 7.96 Å². The van der Waals surface area contributed by atoms with Crippen LogP contribution >= 0.6 is 31.9 Å². The Bertz CT molecular complexity index is 438. The van der Waals surface area contributed by atoms with Gasteiger partial charge in [-0.25, -0.2) is 0 Å². The molecule has 0 amide bonds. The first-order valence-electron chi connectivity index (χ1n) is 3.27. The average molecular weight is 355 g/mol. The van der Waals surface area contributed by atoms with Crippen LogP contribution in [0.3, 0.4) is 0 Å². The molecule has 2 rings (SSSR count). The summed E-state index contributed by atoms with van der Waals surface area (Å²) in [5, 5.41) is 0. The molecule has 1 aromatic heterocycles. The van der Waals surface area contributed by atoms with Crippen molar-refractivity contribution in [2.24, 2.45) is 0 Å². The quantitative estimate of drug-likeness (QED) is 0.679. The number of fused-ring (bicyclic) bond motifs is 1. The van der Waals surface area contributed by atoms with Crippen molar-refractivity contribution in [1.29, 1.82) is 0 Å². The zero-order valence-electron chi connectivity index (χ0n) is 6.14. The van der Waals surface area contributed by atoms with Gasteiger partial charge in [-0.3, -0.25) is 0 Å². The Morgan fingerprint density at radius 1 is 1.25 bits per heavy atom. The zero-order chi connectivity index (χ0) is 8.72. The molecule has 0 N–H and O–H groups in total. The number of nitrogens with zero attached hydrogens (tertiary/aromatic N) is 2. The van der Waals surface area contributed by atoms with Gasteiger partial charge in [0.25, 0.3) is 0 Å². The number of aryl methyl sites for hydroxylation is 1. The third kappa shape index (κ3) is 1.29. The van der Waals surface area contributed by atoms with Crippen LogP contribution in [-0.4, -0.2) is 22.9 Å². The first-order valence-corrected chi connectivity index (χ1v) is 6.39. The van der Waals surface area contributed by atoms with Crippen molar-refractivity contribution in [3.63, 3.8) is 0 Å². The molecule has 1 aromatic carbocycles. The fourth-order valence-electron chi connectivity index (χ4n) is 0.998. The molecule has 0 aliphatic rings. The molecule has 62 valence electrons. The molecular formula is C7H4Br2N2Se. The Morgan fingerprint density at radius 2 is 1.92 bits per heavy atom. The summed E-state index contributed by atoms with van der Waals surface area (Å²) >= 11 is 7.01. The van der Waals surface area contributed by atoms with Gasteiger partial charge in [0.2, 0.25) is 0 Å². The van der Waals surface area contributed by atoms with Gasteiger partial charge in [-0.15, -0.1) is 0 Å². The Balaban J connectivity index is 2.97. The van der Waals surface area contributed by atoms with Gasteiger partial charge in [-0.1, -0.05) is 0 Å². The Labute approximate surface area is 92.8 Å². The molecule has 2 nitrogen and oxygen atoms in total. The monoisotopic (exact) mass is 354 g/mol. The minimum absolute atomic E-state index is 0.0428. The van der Waals surface area contributed by atoms with Gasteiger partial charge in [-0.2, -0.15) is 0 Å². The van der Waals surface area contributed by atoms with Crippen LogP contribution in [0, 0.1) is 6.92 Å². The molecule has 0 saturated carbocycles. The molecule has 0 unspecified atom stereocenters. The van der Waals surface area contributed by atoms with Crippen molar-refractivity contribution >= 4 is 57.9 Å². The summed E-state index contributed by atoms with van der Waals surface area (Å²) in [5.74, 6) is 0. The fourth-order valence-corrected chi connectivity index (χ4v) is 3.73. The molecule has 0 radical (unpaired) electrons. The molecule has 12 heavy (non-hydrogen) atoms. The molecule has 1 heterocycles. The molecule has 0 bridgehead atoms. The third-order valence-electron chi connectivity index (χ3n) is 1.61. The maximum atomic E-state index is 4.34. The van der Waals surface area contributed by atoms with Gasteiger partial charge in [-0.05, 0) is 0 Å². The fraction of sp³-hybridized carbons (Fsp3) is 0.143. The molecule has 0 atom stereocenters. The molecule has 0 aliphatic heterocycles. The van der Waals surface area contributed by atoms with Crippen LogP contribution in [0.5, 0.6) is 0 Å². The number of aromatic nitrogens is 2. The van der Waals surface area contributed by atoms with Gasteiger partial charge in [0.1, 0.15) is 0 Å². The Kier molecular flexibility index (Phi) is 2.38. The Morgan fingerprint density at radius 3 is 2.67 bits per heavy atom. The van der Waals surface area contributed by atoms with Crippen LogP contribution in [0.15, 0.2) is 15.0 Å². The second kappa shape index (κ2) is 3.22. The molecule has 0 aliphatic carbocycles. The normalized spacial score (nSPS) is 10.9. The van der Waals surface area contributed by atoms with Crippen molar-refractivity contribution in [3.05, 3.63) is 20.6 Å². The molecule has 2 aromatic rings. The number of hydrogen-bond acceptors (Lipinski definition) is 2. The predicted octanol–water partition coefficient (Wildman–Crippen LogP) is 2.52. The standard InChI is InChI=1S/C7H4Br2N2Se/c1-3-2-4(8)6-7(5(3)9)11-12-10-6/h2H,1H3. The minimum atomic E-state index is 0.0428. The van der Waals surface area contributed by atoms with Gasteiger partial charge in [0.05, 0.1) is 0 Å². The topological polar surface area (TPSA) is 25.8 Å². The summed E-state index contributed by atoms with van der Waals surface area (Å²) in [4.78, 5) is 0. The summed E-state index contributed by atoms with van der Waals surface area (Å²) in [6.45, 7) is 2.05. The number of hydrogen-bond donors (Lipinski definition) is 0. The van der Waals surface area contributed by atoms with E-state index in [9.17, 15) is 0 Å². The molecule has 0 fully saturated rings. The van der Waals surface area contributed by atoms with E-state index >= 15 is 0 Å². The second-order valence-corrected chi connectivity index (χ2v) is 5.21. The molecule has 5 heteroatoms. The molecule has 0 saturated heterocycles. The van der Waals surface area contributed by atoms with E-state index in [1.807, 2.05) is 0 Å². The van der Waals surface area contributed by atoms with E-state index in [0.29, 0.717) is 0 Å². The van der Waals surface area contributed by atoms with E-state index in [1.54, 1.807) is 0 Å². The van der Waals surface area contributed by atoms with Crippen LogP contribution in [0.4, 0.5) is 0 Å². The zero-order valence-corrected chi connectivity index (χ0v) is 11.0. The first-order chi connectivity index (χ1) is 5.70. The third-order valence-corrected chi connectivity index (χ3v) is 4.33. The van der Waals surface area contributed by atoms with Gasteiger partial charge in [0.15, 0.2) is 0 Å². The summed E-state index contributed by atoms with van der Waals surface area (Å²) in [5.41, 5.74) is 3.19. The summed E-state index contributed by atoms with van der Waals surface area (Å²) in [7, 11) is 0. The van der Waals surface area contributed by atoms with Gasteiger partial charge < -0.3 is 0 Å². The van der Waals surface area contributed by atoms with E-state index in [4.69, 9.17) is 0 Å². The van der Waals surface area contributed by atoms with Crippen LogP contribution in [0.25, 0.3) is 11.0 Å². The number of halogens is 2. The predicted molar refractivity (Wildman–Crippen MR) is 56.6 cm³/mol. The summed E-state index contributed by atoms with van der Waals surface area (Å²) in [6, 6.07) is 2.06. The van der Waals surface area contributed by atoms with Crippen molar-refractivity contribution in [2.75, 3.05) is 0 Å². The van der Waals surface area contributed by atoms with Crippen molar-refractivity contribution in [2.45, 2.75) is 6.92 Å². The van der Waals surface area contributed by atoms with Gasteiger partial charge in [0, 0.05) is 0 Å². The Hall–Kier alpha value is 0.299. The average Bonchev–Trinajstić information content (AvgIpc) is 2.48. The molecule has 0 spiro atoms. The molecular weight excluding hydrogens is 351 g/mol. The van der Waals surface area contributed by atoms with Crippen molar-refractivity contribution < 1.29 is 0 Å². The van der Waals surface area contributed by atoms with Crippen LogP contribution in [0.2, 0.25) is 0 Å². The van der Waals surface area contributed by atoms with E-state index in [1.165, 1.54) is 5.56 Å². The van der Waals surface area contributed by atoms with Crippen LogP contribution in [-0.2, 0) is 0 Å². The maximum absolute atomic E-state index is 4.34. The van der Waals surface area contributed by atoms with E-state index in [0.717, 1.165) is 20.0 Å². The summed E-state index contributed by atoms with van der Waals surface area (Å²) < 4.78 is 10.8. The SMILES string of the molecule is Cc1cc(Br)c2n[se]nc2c1Br. The van der Waals surface area contributed by atoms with E-state index < -0.39 is 0 Å². The van der Waals surface area contributed by atoms with Gasteiger partial charge >= 0.3 is 93.3 Å².